The molecule has 0 aromatic heterocycles. The molecule has 2 aromatic carbocycles. The standard InChI is InChI=1S/C18H21BrN2O/c1-14(16-8-10-17(19)11-9-16)20-18(22)13-21(2)12-15-6-4-3-5-7-15/h3-11,14H,12-13H2,1-2H3,(H,20,22)/t14-/m1/s1. The Morgan fingerprint density at radius 3 is 2.41 bits per heavy atom. The molecule has 0 spiro atoms. The zero-order chi connectivity index (χ0) is 15.9. The third-order valence-corrected chi connectivity index (χ3v) is 3.99. The fraction of sp³-hybridized carbons (Fsp3) is 0.278. The van der Waals surface area contributed by atoms with E-state index in [9.17, 15) is 4.79 Å². The van der Waals surface area contributed by atoms with Crippen LogP contribution < -0.4 is 5.32 Å². The Bertz CT molecular complexity index is 598. The van der Waals surface area contributed by atoms with Crippen molar-refractivity contribution in [2.45, 2.75) is 19.5 Å². The average Bonchev–Trinajstić information content (AvgIpc) is 2.48. The number of rotatable bonds is 6. The summed E-state index contributed by atoms with van der Waals surface area (Å²) in [5.41, 5.74) is 2.31. The lowest BCUT2D eigenvalue weighted by molar-refractivity contribution is -0.122. The molecule has 3 nitrogen and oxygen atoms in total. The van der Waals surface area contributed by atoms with Crippen LogP contribution in [0.3, 0.4) is 0 Å². The number of carbonyl (C=O) groups excluding carboxylic acids is 1. The summed E-state index contributed by atoms with van der Waals surface area (Å²) in [5.74, 6) is 0.0360. The van der Waals surface area contributed by atoms with Gasteiger partial charge >= 0.3 is 0 Å². The summed E-state index contributed by atoms with van der Waals surface area (Å²) in [4.78, 5) is 14.1. The van der Waals surface area contributed by atoms with Crippen molar-refractivity contribution in [3.8, 4) is 0 Å². The monoisotopic (exact) mass is 360 g/mol. The lowest BCUT2D eigenvalue weighted by atomic mass is 10.1. The minimum Gasteiger partial charge on any atom is -0.348 e. The van der Waals surface area contributed by atoms with Crippen molar-refractivity contribution in [3.05, 3.63) is 70.2 Å². The van der Waals surface area contributed by atoms with Crippen molar-refractivity contribution < 1.29 is 4.79 Å². The molecule has 0 heterocycles. The quantitative estimate of drug-likeness (QED) is 0.850. The van der Waals surface area contributed by atoms with Crippen molar-refractivity contribution in [1.29, 1.82) is 0 Å². The molecule has 1 N–H and O–H groups in total. The predicted octanol–water partition coefficient (Wildman–Crippen LogP) is 3.76. The molecule has 116 valence electrons. The van der Waals surface area contributed by atoms with Gasteiger partial charge in [0.15, 0.2) is 0 Å². The number of nitrogens with one attached hydrogen (secondary N) is 1. The number of nitrogens with zero attached hydrogens (tertiary/aromatic N) is 1. The van der Waals surface area contributed by atoms with E-state index in [1.165, 1.54) is 5.56 Å². The van der Waals surface area contributed by atoms with Crippen LogP contribution in [0.1, 0.15) is 24.1 Å². The lowest BCUT2D eigenvalue weighted by Gasteiger charge is -2.19. The molecular formula is C18H21BrN2O. The number of benzene rings is 2. The van der Waals surface area contributed by atoms with Crippen LogP contribution >= 0.6 is 15.9 Å². The Kier molecular flexibility index (Phi) is 6.16. The zero-order valence-electron chi connectivity index (χ0n) is 12.9. The Labute approximate surface area is 140 Å². The first-order chi connectivity index (χ1) is 10.5. The van der Waals surface area contributed by atoms with Crippen molar-refractivity contribution >= 4 is 21.8 Å². The third kappa shape index (κ3) is 5.28. The van der Waals surface area contributed by atoms with Gasteiger partial charge < -0.3 is 5.32 Å². The fourth-order valence-electron chi connectivity index (χ4n) is 2.32. The molecule has 0 fully saturated rings. The SMILES string of the molecule is C[C@@H](NC(=O)CN(C)Cc1ccccc1)c1ccc(Br)cc1. The van der Waals surface area contributed by atoms with Gasteiger partial charge in [0.25, 0.3) is 0 Å². The van der Waals surface area contributed by atoms with Crippen LogP contribution in [0.4, 0.5) is 0 Å². The molecule has 0 unspecified atom stereocenters. The average molecular weight is 361 g/mol. The molecule has 0 saturated carbocycles. The highest BCUT2D eigenvalue weighted by atomic mass is 79.9. The number of halogens is 1. The van der Waals surface area contributed by atoms with Gasteiger partial charge in [-0.05, 0) is 37.2 Å². The van der Waals surface area contributed by atoms with E-state index in [1.807, 2.05) is 61.3 Å². The second-order valence-corrected chi connectivity index (χ2v) is 6.41. The molecule has 2 aromatic rings. The first-order valence-electron chi connectivity index (χ1n) is 7.32. The predicted molar refractivity (Wildman–Crippen MR) is 93.5 cm³/mol. The van der Waals surface area contributed by atoms with Gasteiger partial charge in [-0.1, -0.05) is 58.4 Å². The van der Waals surface area contributed by atoms with Crippen molar-refractivity contribution in [3.63, 3.8) is 0 Å². The minimum absolute atomic E-state index is 0.00530. The van der Waals surface area contributed by atoms with Gasteiger partial charge in [0.1, 0.15) is 0 Å². The van der Waals surface area contributed by atoms with E-state index in [1.54, 1.807) is 0 Å². The summed E-state index contributed by atoms with van der Waals surface area (Å²) < 4.78 is 1.04. The van der Waals surface area contributed by atoms with Gasteiger partial charge in [0.05, 0.1) is 12.6 Å². The van der Waals surface area contributed by atoms with E-state index in [0.717, 1.165) is 16.6 Å². The zero-order valence-corrected chi connectivity index (χ0v) is 14.5. The number of hydrogen-bond acceptors (Lipinski definition) is 2. The maximum Gasteiger partial charge on any atom is 0.234 e. The van der Waals surface area contributed by atoms with E-state index in [0.29, 0.717) is 6.54 Å². The normalized spacial score (nSPS) is 12.2. The van der Waals surface area contributed by atoms with Crippen LogP contribution in [-0.2, 0) is 11.3 Å². The van der Waals surface area contributed by atoms with Gasteiger partial charge in [-0.25, -0.2) is 0 Å². The minimum atomic E-state index is 0.00530. The maximum atomic E-state index is 12.1. The first-order valence-corrected chi connectivity index (χ1v) is 8.11. The molecule has 22 heavy (non-hydrogen) atoms. The summed E-state index contributed by atoms with van der Waals surface area (Å²) in [6, 6.07) is 18.2. The maximum absolute atomic E-state index is 12.1. The second-order valence-electron chi connectivity index (χ2n) is 5.50. The van der Waals surface area contributed by atoms with E-state index >= 15 is 0 Å². The molecule has 2 rings (SSSR count). The molecule has 0 aliphatic heterocycles. The van der Waals surface area contributed by atoms with Gasteiger partial charge in [0.2, 0.25) is 5.91 Å². The van der Waals surface area contributed by atoms with Crippen LogP contribution in [0, 0.1) is 0 Å². The van der Waals surface area contributed by atoms with Crippen LogP contribution in [0.2, 0.25) is 0 Å². The van der Waals surface area contributed by atoms with Crippen LogP contribution in [0.25, 0.3) is 0 Å². The second kappa shape index (κ2) is 8.11. The number of likely N-dealkylation sites (N-methyl/N-ethyl adjacent to an activating group) is 1. The van der Waals surface area contributed by atoms with E-state index in [-0.39, 0.29) is 11.9 Å². The highest BCUT2D eigenvalue weighted by Gasteiger charge is 2.11. The summed E-state index contributed by atoms with van der Waals surface area (Å²) in [6.45, 7) is 3.15. The Morgan fingerprint density at radius 2 is 1.77 bits per heavy atom. The molecule has 0 radical (unpaired) electrons. The van der Waals surface area contributed by atoms with E-state index in [2.05, 4.69) is 33.4 Å². The Morgan fingerprint density at radius 1 is 1.14 bits per heavy atom. The fourth-order valence-corrected chi connectivity index (χ4v) is 2.58. The highest BCUT2D eigenvalue weighted by molar-refractivity contribution is 9.10. The van der Waals surface area contributed by atoms with Crippen molar-refractivity contribution in [1.82, 2.24) is 10.2 Å². The van der Waals surface area contributed by atoms with Crippen LogP contribution in [0.15, 0.2) is 59.1 Å². The van der Waals surface area contributed by atoms with Crippen LogP contribution in [0.5, 0.6) is 0 Å². The molecule has 0 aliphatic carbocycles. The summed E-state index contributed by atoms with van der Waals surface area (Å²) in [7, 11) is 1.96. The van der Waals surface area contributed by atoms with E-state index in [4.69, 9.17) is 0 Å². The lowest BCUT2D eigenvalue weighted by Crippen LogP contribution is -2.36. The third-order valence-electron chi connectivity index (χ3n) is 3.46. The number of hydrogen-bond donors (Lipinski definition) is 1. The Balaban J connectivity index is 1.83. The molecule has 0 bridgehead atoms. The molecule has 4 heteroatoms. The van der Waals surface area contributed by atoms with Gasteiger partial charge in [-0.2, -0.15) is 0 Å². The van der Waals surface area contributed by atoms with E-state index < -0.39 is 0 Å². The molecule has 1 amide bonds. The summed E-state index contributed by atoms with van der Waals surface area (Å²) in [6.07, 6.45) is 0. The molecular weight excluding hydrogens is 340 g/mol. The van der Waals surface area contributed by atoms with Crippen LogP contribution in [-0.4, -0.2) is 24.4 Å². The van der Waals surface area contributed by atoms with Gasteiger partial charge in [0, 0.05) is 11.0 Å². The van der Waals surface area contributed by atoms with Crippen molar-refractivity contribution in [2.75, 3.05) is 13.6 Å². The van der Waals surface area contributed by atoms with Gasteiger partial charge in [-0.3, -0.25) is 9.69 Å². The molecule has 1 atom stereocenters. The Hall–Kier alpha value is -1.65. The number of amides is 1. The smallest absolute Gasteiger partial charge is 0.234 e. The summed E-state index contributed by atoms with van der Waals surface area (Å²) in [5, 5.41) is 3.04. The first kappa shape index (κ1) is 16.7. The largest absolute Gasteiger partial charge is 0.348 e. The summed E-state index contributed by atoms with van der Waals surface area (Å²) >= 11 is 3.42. The van der Waals surface area contributed by atoms with Crippen molar-refractivity contribution in [2.24, 2.45) is 0 Å². The molecule has 0 aliphatic rings. The van der Waals surface area contributed by atoms with Gasteiger partial charge in [-0.15, -0.1) is 0 Å². The number of carbonyl (C=O) groups is 1. The highest BCUT2D eigenvalue weighted by Crippen LogP contribution is 2.16. The topological polar surface area (TPSA) is 32.3 Å². The molecule has 0 saturated heterocycles.